The third-order valence-electron chi connectivity index (χ3n) is 2.19. The fraction of sp³-hybridized carbons (Fsp3) is 0.333. The summed E-state index contributed by atoms with van der Waals surface area (Å²) in [4.78, 5) is 14.8. The highest BCUT2D eigenvalue weighted by Gasteiger charge is 2.45. The van der Waals surface area contributed by atoms with E-state index in [-0.39, 0.29) is 5.41 Å². The Bertz CT molecular complexity index is 264. The Morgan fingerprint density at radius 3 is 2.73 bits per heavy atom. The summed E-state index contributed by atoms with van der Waals surface area (Å²) in [6.07, 6.45) is 4.69. The molecule has 0 atom stereocenters. The van der Waals surface area contributed by atoms with Gasteiger partial charge in [0.2, 0.25) is 0 Å². The summed E-state index contributed by atoms with van der Waals surface area (Å²) in [7, 11) is 0. The molecule has 1 aliphatic rings. The maximum Gasteiger partial charge on any atom is 0.132 e. The van der Waals surface area contributed by atoms with Gasteiger partial charge in [-0.25, -0.2) is 0 Å². The van der Waals surface area contributed by atoms with Gasteiger partial charge in [0.15, 0.2) is 0 Å². The van der Waals surface area contributed by atoms with Crippen molar-refractivity contribution >= 4 is 6.29 Å². The first-order chi connectivity index (χ1) is 5.37. The van der Waals surface area contributed by atoms with Crippen LogP contribution in [0.3, 0.4) is 0 Å². The van der Waals surface area contributed by atoms with E-state index in [4.69, 9.17) is 0 Å². The van der Waals surface area contributed by atoms with Crippen LogP contribution in [0.15, 0.2) is 24.4 Å². The number of hydrogen-bond donors (Lipinski definition) is 0. The average Bonchev–Trinajstić information content (AvgIpc) is 2.86. The minimum atomic E-state index is -0.207. The molecule has 0 spiro atoms. The molecule has 0 saturated heterocycles. The van der Waals surface area contributed by atoms with Gasteiger partial charge in [-0.2, -0.15) is 0 Å². The minimum Gasteiger partial charge on any atom is -0.302 e. The van der Waals surface area contributed by atoms with E-state index in [0.717, 1.165) is 24.8 Å². The van der Waals surface area contributed by atoms with Gasteiger partial charge in [-0.15, -0.1) is 0 Å². The molecule has 1 heterocycles. The molecule has 0 aliphatic heterocycles. The van der Waals surface area contributed by atoms with E-state index in [1.807, 2.05) is 18.2 Å². The topological polar surface area (TPSA) is 30.0 Å². The Hall–Kier alpha value is -1.18. The van der Waals surface area contributed by atoms with Crippen LogP contribution in [0.5, 0.6) is 0 Å². The Morgan fingerprint density at radius 2 is 2.27 bits per heavy atom. The van der Waals surface area contributed by atoms with Crippen molar-refractivity contribution in [3.63, 3.8) is 0 Å². The number of aldehydes is 1. The number of hydrogen-bond acceptors (Lipinski definition) is 2. The maximum absolute atomic E-state index is 10.6. The summed E-state index contributed by atoms with van der Waals surface area (Å²) in [5.74, 6) is 0. The molecule has 1 aromatic heterocycles. The minimum absolute atomic E-state index is 0.207. The fourth-order valence-electron chi connectivity index (χ4n) is 1.23. The molecule has 2 rings (SSSR count). The van der Waals surface area contributed by atoms with Gasteiger partial charge < -0.3 is 4.79 Å². The van der Waals surface area contributed by atoms with Crippen LogP contribution in [0.1, 0.15) is 18.5 Å². The average molecular weight is 147 g/mol. The Labute approximate surface area is 65.3 Å². The first-order valence-electron chi connectivity index (χ1n) is 3.75. The van der Waals surface area contributed by atoms with Crippen molar-refractivity contribution < 1.29 is 4.79 Å². The number of carbonyl (C=O) groups excluding carboxylic acids is 1. The van der Waals surface area contributed by atoms with E-state index >= 15 is 0 Å². The van der Waals surface area contributed by atoms with E-state index in [2.05, 4.69) is 4.98 Å². The normalized spacial score (nSPS) is 19.3. The highest BCUT2D eigenvalue weighted by molar-refractivity contribution is 5.71. The molecule has 56 valence electrons. The van der Waals surface area contributed by atoms with E-state index in [9.17, 15) is 4.79 Å². The van der Waals surface area contributed by atoms with Crippen LogP contribution in [0.25, 0.3) is 0 Å². The Morgan fingerprint density at radius 1 is 1.45 bits per heavy atom. The highest BCUT2D eigenvalue weighted by atomic mass is 16.1. The molecule has 0 radical (unpaired) electrons. The van der Waals surface area contributed by atoms with Crippen LogP contribution in [-0.4, -0.2) is 11.3 Å². The lowest BCUT2D eigenvalue weighted by Crippen LogP contribution is -2.09. The lowest BCUT2D eigenvalue weighted by Gasteiger charge is -2.03. The van der Waals surface area contributed by atoms with Crippen LogP contribution in [0.4, 0.5) is 0 Å². The predicted molar refractivity (Wildman–Crippen MR) is 41.2 cm³/mol. The van der Waals surface area contributed by atoms with Crippen LogP contribution in [-0.2, 0) is 10.2 Å². The number of rotatable bonds is 2. The van der Waals surface area contributed by atoms with Crippen LogP contribution >= 0.6 is 0 Å². The second-order valence-electron chi connectivity index (χ2n) is 2.99. The van der Waals surface area contributed by atoms with Gasteiger partial charge in [-0.1, -0.05) is 6.07 Å². The fourth-order valence-corrected chi connectivity index (χ4v) is 1.23. The monoisotopic (exact) mass is 147 g/mol. The second-order valence-corrected chi connectivity index (χ2v) is 2.99. The summed E-state index contributed by atoms with van der Waals surface area (Å²) in [6, 6.07) is 5.71. The first-order valence-corrected chi connectivity index (χ1v) is 3.75. The van der Waals surface area contributed by atoms with Crippen molar-refractivity contribution in [2.75, 3.05) is 0 Å². The standard InChI is InChI=1S/C9H9NO/c11-7-9(4-5-9)8-3-1-2-6-10-8/h1-3,6-7H,4-5H2. The molecule has 0 bridgehead atoms. The van der Waals surface area contributed by atoms with Crippen molar-refractivity contribution in [2.24, 2.45) is 0 Å². The number of nitrogens with zero attached hydrogens (tertiary/aromatic N) is 1. The molecule has 0 aromatic carbocycles. The van der Waals surface area contributed by atoms with E-state index in [1.54, 1.807) is 6.20 Å². The van der Waals surface area contributed by atoms with Crippen molar-refractivity contribution in [1.29, 1.82) is 0 Å². The zero-order valence-corrected chi connectivity index (χ0v) is 6.16. The summed E-state index contributed by atoms with van der Waals surface area (Å²) in [5.41, 5.74) is 0.719. The lowest BCUT2D eigenvalue weighted by molar-refractivity contribution is -0.109. The van der Waals surface area contributed by atoms with Crippen molar-refractivity contribution in [3.8, 4) is 0 Å². The molecule has 1 aliphatic carbocycles. The third-order valence-corrected chi connectivity index (χ3v) is 2.19. The van der Waals surface area contributed by atoms with Gasteiger partial charge in [-0.3, -0.25) is 4.98 Å². The van der Waals surface area contributed by atoms with Crippen LogP contribution in [0, 0.1) is 0 Å². The Kier molecular flexibility index (Phi) is 1.28. The van der Waals surface area contributed by atoms with Gasteiger partial charge >= 0.3 is 0 Å². The molecule has 1 fully saturated rings. The lowest BCUT2D eigenvalue weighted by atomic mass is 10.0. The van der Waals surface area contributed by atoms with E-state index in [1.165, 1.54) is 0 Å². The first kappa shape index (κ1) is 6.53. The number of pyridine rings is 1. The molecule has 0 unspecified atom stereocenters. The summed E-state index contributed by atoms with van der Waals surface area (Å²) in [6.45, 7) is 0. The second kappa shape index (κ2) is 2.16. The number of carbonyl (C=O) groups is 1. The maximum atomic E-state index is 10.6. The predicted octanol–water partition coefficient (Wildman–Crippen LogP) is 1.31. The van der Waals surface area contributed by atoms with Crippen molar-refractivity contribution in [3.05, 3.63) is 30.1 Å². The Balaban J connectivity index is 2.37. The zero-order chi connectivity index (χ0) is 7.73. The highest BCUT2D eigenvalue weighted by Crippen LogP contribution is 2.44. The smallest absolute Gasteiger partial charge is 0.132 e. The molecule has 1 aromatic rings. The largest absolute Gasteiger partial charge is 0.302 e. The summed E-state index contributed by atoms with van der Waals surface area (Å²) < 4.78 is 0. The van der Waals surface area contributed by atoms with Gasteiger partial charge in [0.05, 0.1) is 11.1 Å². The van der Waals surface area contributed by atoms with Gasteiger partial charge in [0, 0.05) is 6.20 Å². The quantitative estimate of drug-likeness (QED) is 0.590. The summed E-state index contributed by atoms with van der Waals surface area (Å²) in [5, 5.41) is 0. The zero-order valence-electron chi connectivity index (χ0n) is 6.16. The molecule has 0 amide bonds. The number of aromatic nitrogens is 1. The van der Waals surface area contributed by atoms with Gasteiger partial charge in [-0.05, 0) is 25.0 Å². The van der Waals surface area contributed by atoms with Gasteiger partial charge in [0.25, 0.3) is 0 Å². The van der Waals surface area contributed by atoms with Crippen LogP contribution in [0.2, 0.25) is 0 Å². The molecular weight excluding hydrogens is 138 g/mol. The molecular formula is C9H9NO. The van der Waals surface area contributed by atoms with Crippen molar-refractivity contribution in [1.82, 2.24) is 4.98 Å². The summed E-state index contributed by atoms with van der Waals surface area (Å²) >= 11 is 0. The van der Waals surface area contributed by atoms with Crippen molar-refractivity contribution in [2.45, 2.75) is 18.3 Å². The molecule has 2 heteroatoms. The van der Waals surface area contributed by atoms with E-state index < -0.39 is 0 Å². The van der Waals surface area contributed by atoms with Crippen LogP contribution < -0.4 is 0 Å². The molecule has 1 saturated carbocycles. The van der Waals surface area contributed by atoms with E-state index in [0.29, 0.717) is 0 Å². The van der Waals surface area contributed by atoms with Gasteiger partial charge in [0.1, 0.15) is 6.29 Å². The molecule has 11 heavy (non-hydrogen) atoms. The SMILES string of the molecule is O=CC1(c2ccccn2)CC1. The third kappa shape index (κ3) is 0.946. The molecule has 0 N–H and O–H groups in total. The molecule has 2 nitrogen and oxygen atoms in total.